The van der Waals surface area contributed by atoms with Crippen LogP contribution in [0.3, 0.4) is 0 Å². The second-order valence-electron chi connectivity index (χ2n) is 4.10. The number of hydrogen-bond donors (Lipinski definition) is 2. The molecule has 18 heavy (non-hydrogen) atoms. The number of halogens is 2. The predicted molar refractivity (Wildman–Crippen MR) is 79.3 cm³/mol. The maximum Gasteiger partial charge on any atom is 0.263 e. The maximum atomic E-state index is 11.7. The van der Waals surface area contributed by atoms with Crippen LogP contribution < -0.4 is 10.6 Å². The van der Waals surface area contributed by atoms with E-state index in [1.807, 2.05) is 6.92 Å². The fraction of sp³-hybridized carbons (Fsp3) is 0.636. The predicted octanol–water partition coefficient (Wildman–Crippen LogP) is 2.17. The van der Waals surface area contributed by atoms with Crippen molar-refractivity contribution >= 4 is 42.1 Å². The second kappa shape index (κ2) is 8.69. The Hall–Kier alpha value is -0.360. The number of hydrogen-bond acceptors (Lipinski definition) is 4. The van der Waals surface area contributed by atoms with Crippen molar-refractivity contribution in [3.8, 4) is 0 Å². The minimum atomic E-state index is 0. The Bertz CT molecular complexity index is 367. The first-order valence-corrected chi connectivity index (χ1v) is 6.57. The first-order valence-electron chi connectivity index (χ1n) is 5.69. The van der Waals surface area contributed by atoms with Crippen LogP contribution in [0.5, 0.6) is 0 Å². The molecule has 1 aromatic rings. The van der Waals surface area contributed by atoms with E-state index in [-0.39, 0.29) is 30.7 Å². The van der Waals surface area contributed by atoms with Gasteiger partial charge in [-0.15, -0.1) is 36.2 Å². The molecule has 0 radical (unpaired) electrons. The van der Waals surface area contributed by atoms with Crippen molar-refractivity contribution in [3.05, 3.63) is 16.1 Å². The van der Waals surface area contributed by atoms with E-state index in [4.69, 9.17) is 0 Å². The van der Waals surface area contributed by atoms with Gasteiger partial charge in [-0.1, -0.05) is 0 Å². The number of aromatic nitrogens is 1. The maximum absolute atomic E-state index is 11.7. The summed E-state index contributed by atoms with van der Waals surface area (Å²) in [7, 11) is 0. The topological polar surface area (TPSA) is 54.0 Å². The van der Waals surface area contributed by atoms with Crippen LogP contribution in [-0.2, 0) is 0 Å². The molecule has 0 spiro atoms. The van der Waals surface area contributed by atoms with Gasteiger partial charge < -0.3 is 10.6 Å². The van der Waals surface area contributed by atoms with Crippen LogP contribution in [-0.4, -0.2) is 30.0 Å². The van der Waals surface area contributed by atoms with Crippen LogP contribution in [0.25, 0.3) is 0 Å². The number of nitrogens with one attached hydrogen (secondary N) is 2. The molecule has 1 saturated heterocycles. The van der Waals surface area contributed by atoms with E-state index in [1.165, 1.54) is 24.2 Å². The van der Waals surface area contributed by atoms with E-state index in [0.717, 1.165) is 30.1 Å². The largest absolute Gasteiger partial charge is 0.351 e. The highest BCUT2D eigenvalue weighted by Gasteiger charge is 2.15. The van der Waals surface area contributed by atoms with E-state index in [1.54, 1.807) is 5.51 Å². The van der Waals surface area contributed by atoms with Crippen molar-refractivity contribution in [2.24, 2.45) is 0 Å². The number of thiazole rings is 1. The average molecular weight is 312 g/mol. The summed E-state index contributed by atoms with van der Waals surface area (Å²) in [4.78, 5) is 16.5. The molecule has 1 aliphatic rings. The summed E-state index contributed by atoms with van der Waals surface area (Å²) in [5.41, 5.74) is 2.53. The summed E-state index contributed by atoms with van der Waals surface area (Å²) in [5, 5.41) is 6.36. The molecule has 1 fully saturated rings. The molecule has 1 aromatic heterocycles. The van der Waals surface area contributed by atoms with Gasteiger partial charge in [-0.05, 0) is 32.7 Å². The number of aryl methyl sites for hydroxylation is 1. The SMILES string of the molecule is Cc1ncsc1C(=O)NCC[C@H]1CCCN1.Cl.Cl. The average Bonchev–Trinajstić information content (AvgIpc) is 2.88. The molecule has 1 amide bonds. The quantitative estimate of drug-likeness (QED) is 0.896. The number of rotatable bonds is 4. The molecule has 0 bridgehead atoms. The Morgan fingerprint density at radius 3 is 2.94 bits per heavy atom. The molecule has 0 unspecified atom stereocenters. The minimum Gasteiger partial charge on any atom is -0.351 e. The van der Waals surface area contributed by atoms with E-state index in [2.05, 4.69) is 15.6 Å². The van der Waals surface area contributed by atoms with Gasteiger partial charge in [-0.25, -0.2) is 4.98 Å². The fourth-order valence-electron chi connectivity index (χ4n) is 1.96. The van der Waals surface area contributed by atoms with Crippen molar-refractivity contribution in [1.29, 1.82) is 0 Å². The van der Waals surface area contributed by atoms with Crippen LogP contribution >= 0.6 is 36.2 Å². The van der Waals surface area contributed by atoms with Gasteiger partial charge in [0.05, 0.1) is 11.2 Å². The molecule has 0 saturated carbocycles. The van der Waals surface area contributed by atoms with Crippen molar-refractivity contribution in [2.45, 2.75) is 32.2 Å². The van der Waals surface area contributed by atoms with Crippen LogP contribution in [0.2, 0.25) is 0 Å². The minimum absolute atomic E-state index is 0. The van der Waals surface area contributed by atoms with Crippen molar-refractivity contribution < 1.29 is 4.79 Å². The third-order valence-corrected chi connectivity index (χ3v) is 3.82. The van der Waals surface area contributed by atoms with Gasteiger partial charge in [0.15, 0.2) is 0 Å². The van der Waals surface area contributed by atoms with Gasteiger partial charge in [-0.2, -0.15) is 0 Å². The first kappa shape index (κ1) is 17.6. The Morgan fingerprint density at radius 1 is 1.61 bits per heavy atom. The third-order valence-electron chi connectivity index (χ3n) is 2.89. The van der Waals surface area contributed by atoms with Crippen molar-refractivity contribution in [2.75, 3.05) is 13.1 Å². The highest BCUT2D eigenvalue weighted by Crippen LogP contribution is 2.12. The van der Waals surface area contributed by atoms with Gasteiger partial charge >= 0.3 is 0 Å². The van der Waals surface area contributed by atoms with E-state index in [9.17, 15) is 4.79 Å². The number of carbonyl (C=O) groups is 1. The summed E-state index contributed by atoms with van der Waals surface area (Å²) >= 11 is 1.40. The number of nitrogens with zero attached hydrogens (tertiary/aromatic N) is 1. The summed E-state index contributed by atoms with van der Waals surface area (Å²) in [6.07, 6.45) is 3.51. The van der Waals surface area contributed by atoms with Crippen molar-refractivity contribution in [1.82, 2.24) is 15.6 Å². The smallest absolute Gasteiger partial charge is 0.263 e. The van der Waals surface area contributed by atoms with Crippen molar-refractivity contribution in [3.63, 3.8) is 0 Å². The summed E-state index contributed by atoms with van der Waals surface area (Å²) in [6.45, 7) is 3.73. The van der Waals surface area contributed by atoms with E-state index < -0.39 is 0 Å². The van der Waals surface area contributed by atoms with Gasteiger partial charge in [0.25, 0.3) is 5.91 Å². The van der Waals surface area contributed by atoms with Gasteiger partial charge in [-0.3, -0.25) is 4.79 Å². The van der Waals surface area contributed by atoms with Crippen LogP contribution in [0.15, 0.2) is 5.51 Å². The zero-order valence-corrected chi connectivity index (χ0v) is 12.7. The second-order valence-corrected chi connectivity index (χ2v) is 4.96. The lowest BCUT2D eigenvalue weighted by Gasteiger charge is -2.10. The normalized spacial score (nSPS) is 17.7. The molecule has 2 heterocycles. The number of carbonyl (C=O) groups excluding carboxylic acids is 1. The van der Waals surface area contributed by atoms with Gasteiger partial charge in [0, 0.05) is 12.6 Å². The highest BCUT2D eigenvalue weighted by molar-refractivity contribution is 7.11. The van der Waals surface area contributed by atoms with E-state index >= 15 is 0 Å². The van der Waals surface area contributed by atoms with Gasteiger partial charge in [0.1, 0.15) is 4.88 Å². The molecule has 1 aliphatic heterocycles. The lowest BCUT2D eigenvalue weighted by Crippen LogP contribution is -2.30. The molecule has 0 aliphatic carbocycles. The standard InChI is InChI=1S/C11H17N3OS.2ClH/c1-8-10(16-7-14-8)11(15)13-6-4-9-3-2-5-12-9;;/h7,9,12H,2-6H2,1H3,(H,13,15);2*1H/t9-;;/m1../s1. The molecule has 2 N–H and O–H groups in total. The lowest BCUT2D eigenvalue weighted by molar-refractivity contribution is 0.0955. The summed E-state index contributed by atoms with van der Waals surface area (Å²) in [6, 6.07) is 0.586. The molecular weight excluding hydrogens is 293 g/mol. The lowest BCUT2D eigenvalue weighted by atomic mass is 10.1. The zero-order valence-electron chi connectivity index (χ0n) is 10.3. The van der Waals surface area contributed by atoms with Crippen LogP contribution in [0.4, 0.5) is 0 Å². The highest BCUT2D eigenvalue weighted by atomic mass is 35.5. The summed E-state index contributed by atoms with van der Waals surface area (Å²) in [5.74, 6) is 0.0120. The fourth-order valence-corrected chi connectivity index (χ4v) is 2.68. The summed E-state index contributed by atoms with van der Waals surface area (Å²) < 4.78 is 0. The molecule has 2 rings (SSSR count). The Kier molecular flexibility index (Phi) is 8.52. The Morgan fingerprint density at radius 2 is 2.39 bits per heavy atom. The Labute approximate surface area is 124 Å². The molecular formula is C11H19Cl2N3OS. The third kappa shape index (κ3) is 4.72. The van der Waals surface area contributed by atoms with Crippen LogP contribution in [0.1, 0.15) is 34.6 Å². The Balaban J connectivity index is 0.00000144. The molecule has 4 nitrogen and oxygen atoms in total. The first-order chi connectivity index (χ1) is 7.77. The number of amides is 1. The van der Waals surface area contributed by atoms with E-state index in [0.29, 0.717) is 6.04 Å². The van der Waals surface area contributed by atoms with Gasteiger partial charge in [0.2, 0.25) is 0 Å². The molecule has 7 heteroatoms. The monoisotopic (exact) mass is 311 g/mol. The van der Waals surface area contributed by atoms with Crippen LogP contribution in [0, 0.1) is 6.92 Å². The molecule has 104 valence electrons. The zero-order chi connectivity index (χ0) is 11.4. The molecule has 0 aromatic carbocycles. The molecule has 1 atom stereocenters.